The Kier molecular flexibility index (Phi) is 7.35. The van der Waals surface area contributed by atoms with Crippen molar-refractivity contribution in [1.82, 2.24) is 15.1 Å². The van der Waals surface area contributed by atoms with Gasteiger partial charge in [0.1, 0.15) is 19.3 Å². The van der Waals surface area contributed by atoms with Crippen molar-refractivity contribution in [2.24, 2.45) is 5.92 Å². The lowest BCUT2D eigenvalue weighted by atomic mass is 9.99. The number of aliphatic hydroxyl groups excluding tert-OH is 1. The van der Waals surface area contributed by atoms with Gasteiger partial charge in [0.25, 0.3) is 0 Å². The van der Waals surface area contributed by atoms with Gasteiger partial charge >= 0.3 is 0 Å². The Morgan fingerprint density at radius 2 is 1.79 bits per heavy atom. The Bertz CT molecular complexity index is 809. The molecule has 8 heteroatoms. The minimum Gasteiger partial charge on any atom is -0.486 e. The average molecular weight is 460 g/mol. The number of carbonyl (C=O) groups excluding carboxylic acids is 1. The van der Waals surface area contributed by atoms with Crippen LogP contribution in [0.3, 0.4) is 0 Å². The van der Waals surface area contributed by atoms with E-state index in [-0.39, 0.29) is 17.9 Å². The van der Waals surface area contributed by atoms with Crippen LogP contribution in [-0.2, 0) is 9.53 Å². The Balaban J connectivity index is 1.25. The van der Waals surface area contributed by atoms with Gasteiger partial charge in [-0.3, -0.25) is 9.69 Å². The Morgan fingerprint density at radius 1 is 1.03 bits per heavy atom. The quantitative estimate of drug-likeness (QED) is 0.640. The van der Waals surface area contributed by atoms with E-state index in [1.165, 1.54) is 12.8 Å². The summed E-state index contributed by atoms with van der Waals surface area (Å²) in [6.07, 6.45) is 4.51. The van der Waals surface area contributed by atoms with E-state index >= 15 is 0 Å². The largest absolute Gasteiger partial charge is 0.486 e. The number of hydrogen-bond donors (Lipinski definition) is 2. The fourth-order valence-corrected chi connectivity index (χ4v) is 5.63. The zero-order chi connectivity index (χ0) is 22.6. The summed E-state index contributed by atoms with van der Waals surface area (Å²) in [6.45, 7) is 7.12. The molecule has 1 amide bonds. The van der Waals surface area contributed by atoms with Crippen molar-refractivity contribution in [2.75, 3.05) is 59.2 Å². The molecular formula is C25H37N3O5. The Hall–Kier alpha value is -1.87. The second kappa shape index (κ2) is 10.6. The first-order valence-electron chi connectivity index (χ1n) is 12.6. The third-order valence-electron chi connectivity index (χ3n) is 7.57. The summed E-state index contributed by atoms with van der Waals surface area (Å²) in [6, 6.07) is 5.74. The highest BCUT2D eigenvalue weighted by molar-refractivity contribution is 5.79. The minimum absolute atomic E-state index is 0.0265. The summed E-state index contributed by atoms with van der Waals surface area (Å²) < 4.78 is 16.8. The van der Waals surface area contributed by atoms with Crippen LogP contribution in [0.25, 0.3) is 0 Å². The molecular weight excluding hydrogens is 422 g/mol. The number of aliphatic hydroxyl groups is 1. The minimum atomic E-state index is -0.807. The van der Waals surface area contributed by atoms with Crippen LogP contribution in [-0.4, -0.2) is 92.0 Å². The number of amides is 1. The molecule has 4 aliphatic rings. The standard InChI is InChI=1S/C25H37N3O5/c29-24(18-3-4-22-23(15-18)33-14-13-32-22)21(17-27-8-1-2-9-27)26-25(30)19-5-10-28(16-19)20-6-11-31-12-7-20/h3-4,15,19-21,24,29H,1-2,5-14,16-17H2,(H,26,30)/t19?,21-,24-/m1/s1. The number of likely N-dealkylation sites (tertiary alicyclic amines) is 2. The lowest BCUT2D eigenvalue weighted by Gasteiger charge is -2.32. The molecule has 0 bridgehead atoms. The van der Waals surface area contributed by atoms with Gasteiger partial charge in [-0.05, 0) is 69.4 Å². The highest BCUT2D eigenvalue weighted by Crippen LogP contribution is 2.34. The van der Waals surface area contributed by atoms with Crippen LogP contribution in [0.15, 0.2) is 18.2 Å². The zero-order valence-electron chi connectivity index (χ0n) is 19.4. The van der Waals surface area contributed by atoms with Crippen molar-refractivity contribution < 1.29 is 24.1 Å². The van der Waals surface area contributed by atoms with Crippen LogP contribution in [0.1, 0.15) is 43.8 Å². The number of benzene rings is 1. The van der Waals surface area contributed by atoms with Gasteiger partial charge in [-0.2, -0.15) is 0 Å². The van der Waals surface area contributed by atoms with Crippen LogP contribution >= 0.6 is 0 Å². The SMILES string of the molecule is O=C(N[C@H](CN1CCCC1)[C@H](O)c1ccc2c(c1)OCCO2)C1CCN(C2CCOCC2)C1. The molecule has 3 saturated heterocycles. The molecule has 33 heavy (non-hydrogen) atoms. The Morgan fingerprint density at radius 3 is 2.58 bits per heavy atom. The molecule has 1 aromatic carbocycles. The van der Waals surface area contributed by atoms with Crippen LogP contribution < -0.4 is 14.8 Å². The topological polar surface area (TPSA) is 83.5 Å². The first-order chi connectivity index (χ1) is 16.2. The molecule has 0 aliphatic carbocycles. The van der Waals surface area contributed by atoms with Gasteiger partial charge in [-0.15, -0.1) is 0 Å². The van der Waals surface area contributed by atoms with Crippen molar-refractivity contribution in [3.8, 4) is 11.5 Å². The van der Waals surface area contributed by atoms with Crippen LogP contribution in [0.2, 0.25) is 0 Å². The molecule has 1 aromatic rings. The Labute approximate surface area is 196 Å². The lowest BCUT2D eigenvalue weighted by Crippen LogP contribution is -2.49. The molecule has 0 radical (unpaired) electrons. The van der Waals surface area contributed by atoms with Crippen molar-refractivity contribution in [2.45, 2.75) is 50.3 Å². The number of ether oxygens (including phenoxy) is 3. The van der Waals surface area contributed by atoms with Gasteiger partial charge in [0.05, 0.1) is 12.0 Å². The summed E-state index contributed by atoms with van der Waals surface area (Å²) in [5.74, 6) is 1.40. The van der Waals surface area contributed by atoms with Gasteiger partial charge in [0.2, 0.25) is 5.91 Å². The maximum Gasteiger partial charge on any atom is 0.224 e. The molecule has 3 atom stereocenters. The van der Waals surface area contributed by atoms with Crippen molar-refractivity contribution in [1.29, 1.82) is 0 Å². The van der Waals surface area contributed by atoms with Crippen LogP contribution in [0.4, 0.5) is 0 Å². The smallest absolute Gasteiger partial charge is 0.224 e. The molecule has 0 spiro atoms. The second-order valence-corrected chi connectivity index (χ2v) is 9.79. The van der Waals surface area contributed by atoms with Gasteiger partial charge in [0.15, 0.2) is 11.5 Å². The first kappa shape index (κ1) is 22.9. The second-order valence-electron chi connectivity index (χ2n) is 9.79. The molecule has 182 valence electrons. The molecule has 1 unspecified atom stereocenters. The van der Waals surface area contributed by atoms with E-state index in [0.717, 1.165) is 64.2 Å². The predicted molar refractivity (Wildman–Crippen MR) is 124 cm³/mol. The van der Waals surface area contributed by atoms with Crippen LogP contribution in [0, 0.1) is 5.92 Å². The van der Waals surface area contributed by atoms with E-state index < -0.39 is 6.10 Å². The third-order valence-corrected chi connectivity index (χ3v) is 7.57. The van der Waals surface area contributed by atoms with Gasteiger partial charge in [-0.1, -0.05) is 6.07 Å². The number of carbonyl (C=O) groups is 1. The molecule has 2 N–H and O–H groups in total. The number of nitrogens with zero attached hydrogens (tertiary/aromatic N) is 2. The average Bonchev–Trinajstić information content (AvgIpc) is 3.56. The maximum absolute atomic E-state index is 13.3. The number of nitrogens with one attached hydrogen (secondary N) is 1. The fraction of sp³-hybridized carbons (Fsp3) is 0.720. The molecule has 4 heterocycles. The predicted octanol–water partition coefficient (Wildman–Crippen LogP) is 1.57. The normalized spacial score (nSPS) is 26.3. The summed E-state index contributed by atoms with van der Waals surface area (Å²) in [7, 11) is 0. The number of hydrogen-bond acceptors (Lipinski definition) is 7. The number of rotatable bonds is 7. The summed E-state index contributed by atoms with van der Waals surface area (Å²) in [4.78, 5) is 18.1. The van der Waals surface area contributed by atoms with Gasteiger partial charge in [0, 0.05) is 32.3 Å². The molecule has 0 saturated carbocycles. The van der Waals surface area contributed by atoms with E-state index in [4.69, 9.17) is 14.2 Å². The van der Waals surface area contributed by atoms with Gasteiger partial charge < -0.3 is 29.5 Å². The summed E-state index contributed by atoms with van der Waals surface area (Å²) in [5.41, 5.74) is 0.749. The van der Waals surface area contributed by atoms with Crippen molar-refractivity contribution in [3.63, 3.8) is 0 Å². The van der Waals surface area contributed by atoms with E-state index in [0.29, 0.717) is 37.3 Å². The van der Waals surface area contributed by atoms with Crippen molar-refractivity contribution in [3.05, 3.63) is 23.8 Å². The highest BCUT2D eigenvalue weighted by Gasteiger charge is 2.35. The van der Waals surface area contributed by atoms with Crippen molar-refractivity contribution >= 4 is 5.91 Å². The van der Waals surface area contributed by atoms with E-state index in [1.54, 1.807) is 0 Å². The molecule has 3 fully saturated rings. The highest BCUT2D eigenvalue weighted by atomic mass is 16.6. The lowest BCUT2D eigenvalue weighted by molar-refractivity contribution is -0.126. The molecule has 8 nitrogen and oxygen atoms in total. The fourth-order valence-electron chi connectivity index (χ4n) is 5.63. The molecule has 0 aromatic heterocycles. The van der Waals surface area contributed by atoms with E-state index in [9.17, 15) is 9.90 Å². The van der Waals surface area contributed by atoms with E-state index in [2.05, 4.69) is 15.1 Å². The summed E-state index contributed by atoms with van der Waals surface area (Å²) in [5, 5.41) is 14.6. The summed E-state index contributed by atoms with van der Waals surface area (Å²) >= 11 is 0. The first-order valence-corrected chi connectivity index (χ1v) is 12.6. The monoisotopic (exact) mass is 459 g/mol. The zero-order valence-corrected chi connectivity index (χ0v) is 19.4. The van der Waals surface area contributed by atoms with Crippen LogP contribution in [0.5, 0.6) is 11.5 Å². The maximum atomic E-state index is 13.3. The van der Waals surface area contributed by atoms with Gasteiger partial charge in [-0.25, -0.2) is 0 Å². The van der Waals surface area contributed by atoms with E-state index in [1.807, 2.05) is 18.2 Å². The molecule has 4 aliphatic heterocycles. The third kappa shape index (κ3) is 5.45. The number of fused-ring (bicyclic) bond motifs is 1. The molecule has 5 rings (SSSR count).